The third-order valence-electron chi connectivity index (χ3n) is 5.22. The Balaban J connectivity index is 1.64. The third-order valence-corrected chi connectivity index (χ3v) is 5.22. The highest BCUT2D eigenvalue weighted by Crippen LogP contribution is 2.24. The zero-order valence-corrected chi connectivity index (χ0v) is 18.3. The van der Waals surface area contributed by atoms with E-state index in [9.17, 15) is 4.79 Å². The summed E-state index contributed by atoms with van der Waals surface area (Å²) < 4.78 is 1.91. The molecule has 7 heteroatoms. The molecule has 7 nitrogen and oxygen atoms in total. The number of carbonyl (C=O) groups is 1. The number of piperazine rings is 1. The second-order valence-corrected chi connectivity index (χ2v) is 7.59. The number of fused-ring (bicyclic) bond motifs is 1. The number of nitrogens with one attached hydrogen (secondary N) is 1. The molecule has 2 aromatic rings. The highest BCUT2D eigenvalue weighted by atomic mass is 16.1. The molecule has 0 saturated carbocycles. The molecule has 0 spiro atoms. The number of Topliss-reactive ketones (excluding diaryl/α,β-unsaturated/α-hetero) is 1. The number of carbonyl (C=O) groups excluding carboxylic acids is 1. The fourth-order valence-corrected chi connectivity index (χ4v) is 3.57. The van der Waals surface area contributed by atoms with Crippen LogP contribution in [0.2, 0.25) is 0 Å². The molecule has 1 fully saturated rings. The van der Waals surface area contributed by atoms with E-state index in [2.05, 4.69) is 51.2 Å². The summed E-state index contributed by atoms with van der Waals surface area (Å²) in [4.78, 5) is 26.0. The van der Waals surface area contributed by atoms with Crippen LogP contribution in [0.5, 0.6) is 0 Å². The van der Waals surface area contributed by atoms with Gasteiger partial charge in [-0.05, 0) is 12.0 Å². The van der Waals surface area contributed by atoms with Crippen molar-refractivity contribution in [2.75, 3.05) is 51.1 Å². The molecule has 1 aliphatic rings. The highest BCUT2D eigenvalue weighted by Gasteiger charge is 2.19. The average Bonchev–Trinajstić information content (AvgIpc) is 3.15. The van der Waals surface area contributed by atoms with Crippen LogP contribution >= 0.6 is 0 Å². The lowest BCUT2D eigenvalue weighted by atomic mass is 10.2. The SMILES string of the molecule is C=CCN1CCN(CC(=O)CNc2c(C(=C)/C=C\C=C/CC)nc3cnccn23)CC1. The van der Waals surface area contributed by atoms with Gasteiger partial charge in [0.15, 0.2) is 11.4 Å². The quantitative estimate of drug-likeness (QED) is 0.445. The van der Waals surface area contributed by atoms with E-state index in [1.807, 2.05) is 34.9 Å². The Kier molecular flexibility index (Phi) is 8.32. The molecule has 0 atom stereocenters. The molecule has 31 heavy (non-hydrogen) atoms. The summed E-state index contributed by atoms with van der Waals surface area (Å²) in [6.07, 6.45) is 16.1. The normalized spacial score (nSPS) is 15.8. The summed E-state index contributed by atoms with van der Waals surface area (Å²) in [6.45, 7) is 15.4. The van der Waals surface area contributed by atoms with E-state index in [0.29, 0.717) is 12.2 Å². The summed E-state index contributed by atoms with van der Waals surface area (Å²) in [6, 6.07) is 0. The zero-order valence-electron chi connectivity index (χ0n) is 18.3. The van der Waals surface area contributed by atoms with Crippen molar-refractivity contribution in [3.05, 3.63) is 67.8 Å². The topological polar surface area (TPSA) is 65.8 Å². The summed E-state index contributed by atoms with van der Waals surface area (Å²) in [5.74, 6) is 0.912. The van der Waals surface area contributed by atoms with Crippen molar-refractivity contribution in [3.63, 3.8) is 0 Å². The first kappa shape index (κ1) is 22.7. The first-order valence-corrected chi connectivity index (χ1v) is 10.8. The van der Waals surface area contributed by atoms with Crippen molar-refractivity contribution in [3.8, 4) is 0 Å². The molecule has 0 aromatic carbocycles. The van der Waals surface area contributed by atoms with Crippen molar-refractivity contribution < 1.29 is 4.79 Å². The fourth-order valence-electron chi connectivity index (χ4n) is 3.57. The van der Waals surface area contributed by atoms with Crippen LogP contribution in [-0.4, -0.2) is 75.8 Å². The molecule has 1 N–H and O–H groups in total. The van der Waals surface area contributed by atoms with Gasteiger partial charge in [0.25, 0.3) is 0 Å². The second-order valence-electron chi connectivity index (χ2n) is 7.59. The lowest BCUT2D eigenvalue weighted by Crippen LogP contribution is -2.48. The Morgan fingerprint density at radius 3 is 2.74 bits per heavy atom. The first-order chi connectivity index (χ1) is 15.1. The molecule has 3 rings (SSSR count). The Labute approximate surface area is 184 Å². The smallest absolute Gasteiger partial charge is 0.165 e. The Morgan fingerprint density at radius 1 is 1.23 bits per heavy atom. The van der Waals surface area contributed by atoms with Crippen molar-refractivity contribution in [2.45, 2.75) is 13.3 Å². The monoisotopic (exact) mass is 420 g/mol. The fraction of sp³-hybridized carbons (Fsp3) is 0.375. The van der Waals surface area contributed by atoms with E-state index >= 15 is 0 Å². The zero-order chi connectivity index (χ0) is 22.1. The van der Waals surface area contributed by atoms with E-state index in [4.69, 9.17) is 0 Å². The van der Waals surface area contributed by atoms with Crippen LogP contribution in [-0.2, 0) is 4.79 Å². The number of nitrogens with zero attached hydrogens (tertiary/aromatic N) is 5. The molecule has 0 bridgehead atoms. The standard InChI is InChI=1S/C24H32N6O/c1-4-6-7-8-9-20(3)23-24(30-12-10-25-18-22(30)27-23)26-17-21(31)19-29-15-13-28(11-5-2)14-16-29/h5-10,12,18,26H,2-4,11,13-17,19H2,1H3/b7-6-,9-8-. The molecule has 0 radical (unpaired) electrons. The molecule has 2 aromatic heterocycles. The summed E-state index contributed by atoms with van der Waals surface area (Å²) >= 11 is 0. The number of aromatic nitrogens is 3. The largest absolute Gasteiger partial charge is 0.362 e. The molecule has 0 unspecified atom stereocenters. The summed E-state index contributed by atoms with van der Waals surface area (Å²) in [5.41, 5.74) is 2.21. The van der Waals surface area contributed by atoms with Gasteiger partial charge < -0.3 is 5.32 Å². The van der Waals surface area contributed by atoms with Gasteiger partial charge in [0.1, 0.15) is 11.5 Å². The van der Waals surface area contributed by atoms with Gasteiger partial charge >= 0.3 is 0 Å². The molecular formula is C24H32N6O. The number of rotatable bonds is 11. The summed E-state index contributed by atoms with van der Waals surface area (Å²) in [5, 5.41) is 3.30. The highest BCUT2D eigenvalue weighted by molar-refractivity contribution is 5.86. The van der Waals surface area contributed by atoms with Crippen molar-refractivity contribution in [1.82, 2.24) is 24.2 Å². The van der Waals surface area contributed by atoms with Crippen LogP contribution in [0.25, 0.3) is 11.2 Å². The molecular weight excluding hydrogens is 388 g/mol. The minimum Gasteiger partial charge on any atom is -0.362 e. The van der Waals surface area contributed by atoms with Crippen LogP contribution in [0.15, 0.2) is 62.1 Å². The maximum Gasteiger partial charge on any atom is 0.165 e. The third kappa shape index (κ3) is 6.23. The molecule has 1 saturated heterocycles. The molecule has 0 aliphatic carbocycles. The van der Waals surface area contributed by atoms with Gasteiger partial charge in [-0.1, -0.05) is 43.9 Å². The molecule has 1 aliphatic heterocycles. The van der Waals surface area contributed by atoms with Gasteiger partial charge in [-0.3, -0.25) is 24.0 Å². The van der Waals surface area contributed by atoms with Crippen LogP contribution in [0.3, 0.4) is 0 Å². The van der Waals surface area contributed by atoms with Gasteiger partial charge in [-0.25, -0.2) is 4.98 Å². The van der Waals surface area contributed by atoms with Gasteiger partial charge in [0.2, 0.25) is 0 Å². The van der Waals surface area contributed by atoms with E-state index in [-0.39, 0.29) is 12.3 Å². The average molecular weight is 421 g/mol. The maximum atomic E-state index is 12.7. The number of imidazole rings is 1. The minimum absolute atomic E-state index is 0.152. The van der Waals surface area contributed by atoms with Crippen molar-refractivity contribution >= 4 is 22.8 Å². The lowest BCUT2D eigenvalue weighted by Gasteiger charge is -2.33. The molecule has 0 amide bonds. The maximum absolute atomic E-state index is 12.7. The predicted octanol–water partition coefficient (Wildman–Crippen LogP) is 3.05. The van der Waals surface area contributed by atoms with Gasteiger partial charge in [-0.15, -0.1) is 6.58 Å². The minimum atomic E-state index is 0.152. The molecule has 3 heterocycles. The number of ketones is 1. The van der Waals surface area contributed by atoms with Crippen LogP contribution in [0.4, 0.5) is 5.82 Å². The Morgan fingerprint density at radius 2 is 2.00 bits per heavy atom. The van der Waals surface area contributed by atoms with Crippen LogP contribution in [0.1, 0.15) is 19.0 Å². The van der Waals surface area contributed by atoms with Gasteiger partial charge in [-0.2, -0.15) is 0 Å². The predicted molar refractivity (Wildman–Crippen MR) is 127 cm³/mol. The lowest BCUT2D eigenvalue weighted by molar-refractivity contribution is -0.118. The number of allylic oxidation sites excluding steroid dienone is 5. The number of hydrogen-bond donors (Lipinski definition) is 1. The van der Waals surface area contributed by atoms with Gasteiger partial charge in [0, 0.05) is 45.1 Å². The molecule has 164 valence electrons. The number of hydrogen-bond acceptors (Lipinski definition) is 6. The second kappa shape index (κ2) is 11.4. The van der Waals surface area contributed by atoms with Crippen molar-refractivity contribution in [1.29, 1.82) is 0 Å². The first-order valence-electron chi connectivity index (χ1n) is 10.8. The van der Waals surface area contributed by atoms with E-state index in [0.717, 1.165) is 56.2 Å². The summed E-state index contributed by atoms with van der Waals surface area (Å²) in [7, 11) is 0. The van der Waals surface area contributed by atoms with E-state index in [1.54, 1.807) is 12.4 Å². The Hall–Kier alpha value is -3.03. The number of anilines is 1. The van der Waals surface area contributed by atoms with E-state index < -0.39 is 0 Å². The van der Waals surface area contributed by atoms with Crippen LogP contribution < -0.4 is 5.32 Å². The van der Waals surface area contributed by atoms with E-state index in [1.165, 1.54) is 0 Å². The Bertz CT molecular complexity index is 966. The van der Waals surface area contributed by atoms with Crippen LogP contribution in [0, 0.1) is 0 Å². The van der Waals surface area contributed by atoms with Gasteiger partial charge in [0.05, 0.1) is 19.3 Å². The van der Waals surface area contributed by atoms with Crippen molar-refractivity contribution in [2.24, 2.45) is 0 Å².